The molecule has 100 valence electrons. The quantitative estimate of drug-likeness (QED) is 0.770. The van der Waals surface area contributed by atoms with Gasteiger partial charge in [0, 0.05) is 6.54 Å². The van der Waals surface area contributed by atoms with Crippen molar-refractivity contribution in [3.05, 3.63) is 12.0 Å². The summed E-state index contributed by atoms with van der Waals surface area (Å²) in [6, 6.07) is 0. The molecule has 0 spiro atoms. The minimum Gasteiger partial charge on any atom is -0.480 e. The summed E-state index contributed by atoms with van der Waals surface area (Å²) in [5.41, 5.74) is 0. The van der Waals surface area contributed by atoms with Gasteiger partial charge in [0.1, 0.15) is 12.4 Å². The first-order valence-corrected chi connectivity index (χ1v) is 7.07. The smallest absolute Gasteiger partial charge is 0.318 e. The van der Waals surface area contributed by atoms with Crippen LogP contribution in [0.2, 0.25) is 0 Å². The van der Waals surface area contributed by atoms with E-state index in [4.69, 9.17) is 5.11 Å². The molecular formula is C10H15N3O4S. The second-order valence-electron chi connectivity index (χ2n) is 4.47. The third-order valence-corrected chi connectivity index (χ3v) is 4.49. The van der Waals surface area contributed by atoms with Crippen molar-refractivity contribution in [3.63, 3.8) is 0 Å². The second-order valence-corrected chi connectivity index (χ2v) is 6.37. The predicted molar refractivity (Wildman–Crippen MR) is 62.4 cm³/mol. The van der Waals surface area contributed by atoms with Crippen LogP contribution in [0.15, 0.2) is 11.2 Å². The molecule has 0 bridgehead atoms. The van der Waals surface area contributed by atoms with E-state index in [0.29, 0.717) is 5.82 Å². The molecule has 7 nitrogen and oxygen atoms in total. The first-order chi connectivity index (χ1) is 8.39. The molecule has 1 heterocycles. The van der Waals surface area contributed by atoms with Crippen molar-refractivity contribution in [2.45, 2.75) is 24.8 Å². The lowest BCUT2D eigenvalue weighted by atomic mass is 10.4. The maximum atomic E-state index is 12.2. The van der Waals surface area contributed by atoms with Gasteiger partial charge < -0.3 is 10.1 Å². The molecule has 1 saturated carbocycles. The van der Waals surface area contributed by atoms with E-state index < -0.39 is 22.5 Å². The summed E-state index contributed by atoms with van der Waals surface area (Å²) in [5, 5.41) is 8.75. The van der Waals surface area contributed by atoms with Gasteiger partial charge in [-0.25, -0.2) is 13.4 Å². The molecule has 2 rings (SSSR count). The van der Waals surface area contributed by atoms with Crippen LogP contribution in [-0.2, 0) is 14.8 Å². The standard InChI is InChI=1S/C10H15N3O4S/c1-7-11-4-9(12-7)18(16,17)13(6-10(14)15)5-8-2-3-8/h4,8H,2-3,5-6H2,1H3,(H,11,12)(H,14,15). The zero-order chi connectivity index (χ0) is 13.3. The molecule has 1 fully saturated rings. The van der Waals surface area contributed by atoms with Gasteiger partial charge in [-0.1, -0.05) is 0 Å². The van der Waals surface area contributed by atoms with Crippen LogP contribution in [0.1, 0.15) is 18.7 Å². The fourth-order valence-electron chi connectivity index (χ4n) is 1.66. The van der Waals surface area contributed by atoms with Gasteiger partial charge in [-0.2, -0.15) is 4.31 Å². The van der Waals surface area contributed by atoms with Crippen molar-refractivity contribution in [2.75, 3.05) is 13.1 Å². The molecule has 2 N–H and O–H groups in total. The number of carboxylic acid groups (broad SMARTS) is 1. The Morgan fingerprint density at radius 3 is 2.72 bits per heavy atom. The number of hydrogen-bond donors (Lipinski definition) is 2. The number of carboxylic acids is 1. The Labute approximate surface area is 105 Å². The number of carbonyl (C=O) groups is 1. The summed E-state index contributed by atoms with van der Waals surface area (Å²) in [4.78, 5) is 17.2. The van der Waals surface area contributed by atoms with E-state index >= 15 is 0 Å². The van der Waals surface area contributed by atoms with Gasteiger partial charge in [0.15, 0.2) is 5.03 Å². The molecule has 1 aromatic heterocycles. The van der Waals surface area contributed by atoms with Crippen LogP contribution in [0.25, 0.3) is 0 Å². The molecule has 0 radical (unpaired) electrons. The van der Waals surface area contributed by atoms with Gasteiger partial charge in [-0.15, -0.1) is 0 Å². The minimum atomic E-state index is -3.80. The van der Waals surface area contributed by atoms with Crippen LogP contribution in [0.3, 0.4) is 0 Å². The van der Waals surface area contributed by atoms with E-state index in [1.165, 1.54) is 6.20 Å². The Balaban J connectivity index is 2.24. The largest absolute Gasteiger partial charge is 0.480 e. The molecule has 1 aliphatic rings. The van der Waals surface area contributed by atoms with E-state index in [1.54, 1.807) is 6.92 Å². The van der Waals surface area contributed by atoms with Gasteiger partial charge in [-0.3, -0.25) is 4.79 Å². The summed E-state index contributed by atoms with van der Waals surface area (Å²) in [6.45, 7) is 1.38. The van der Waals surface area contributed by atoms with Crippen LogP contribution in [0.5, 0.6) is 0 Å². The number of H-pyrrole nitrogens is 1. The number of hydrogen-bond acceptors (Lipinski definition) is 4. The summed E-state index contributed by atoms with van der Waals surface area (Å²) >= 11 is 0. The highest BCUT2D eigenvalue weighted by atomic mass is 32.2. The van der Waals surface area contributed by atoms with E-state index in [-0.39, 0.29) is 17.5 Å². The van der Waals surface area contributed by atoms with Crippen molar-refractivity contribution in [1.29, 1.82) is 0 Å². The van der Waals surface area contributed by atoms with E-state index in [1.807, 2.05) is 0 Å². The summed E-state index contributed by atoms with van der Waals surface area (Å²) in [5.74, 6) is -0.395. The molecule has 0 saturated heterocycles. The van der Waals surface area contributed by atoms with Crippen LogP contribution >= 0.6 is 0 Å². The highest BCUT2D eigenvalue weighted by Gasteiger charge is 2.33. The van der Waals surface area contributed by atoms with Crippen LogP contribution in [0, 0.1) is 12.8 Å². The Bertz CT molecular complexity index is 547. The van der Waals surface area contributed by atoms with Crippen molar-refractivity contribution in [2.24, 2.45) is 5.92 Å². The monoisotopic (exact) mass is 273 g/mol. The average molecular weight is 273 g/mol. The van der Waals surface area contributed by atoms with Crippen molar-refractivity contribution < 1.29 is 18.3 Å². The molecule has 8 heteroatoms. The summed E-state index contributed by atoms with van der Waals surface area (Å²) < 4.78 is 25.5. The van der Waals surface area contributed by atoms with Gasteiger partial charge >= 0.3 is 5.97 Å². The van der Waals surface area contributed by atoms with E-state index in [9.17, 15) is 13.2 Å². The fraction of sp³-hybridized carbons (Fsp3) is 0.600. The van der Waals surface area contributed by atoms with Crippen LogP contribution in [-0.4, -0.2) is 46.9 Å². The first-order valence-electron chi connectivity index (χ1n) is 5.63. The third-order valence-electron chi connectivity index (χ3n) is 2.77. The van der Waals surface area contributed by atoms with Gasteiger partial charge in [-0.05, 0) is 25.7 Å². The number of aliphatic carboxylic acids is 1. The molecule has 0 aromatic carbocycles. The molecule has 0 atom stereocenters. The number of aromatic amines is 1. The number of imidazole rings is 1. The van der Waals surface area contributed by atoms with Gasteiger partial charge in [0.2, 0.25) is 0 Å². The average Bonchev–Trinajstić information content (AvgIpc) is 2.96. The number of nitrogens with one attached hydrogen (secondary N) is 1. The second kappa shape index (κ2) is 4.69. The predicted octanol–water partition coefficient (Wildman–Crippen LogP) is 0.203. The van der Waals surface area contributed by atoms with Gasteiger partial charge in [0.05, 0.1) is 6.20 Å². The molecular weight excluding hydrogens is 258 g/mol. The van der Waals surface area contributed by atoms with Crippen LogP contribution in [0.4, 0.5) is 0 Å². The normalized spacial score (nSPS) is 16.1. The fourth-order valence-corrected chi connectivity index (χ4v) is 3.08. The third kappa shape index (κ3) is 2.88. The number of rotatable bonds is 6. The molecule has 0 aliphatic heterocycles. The highest BCUT2D eigenvalue weighted by Crippen LogP contribution is 2.31. The first kappa shape index (κ1) is 13.0. The Kier molecular flexibility index (Phi) is 3.40. The molecule has 18 heavy (non-hydrogen) atoms. The SMILES string of the molecule is Cc1ncc(S(=O)(=O)N(CC(=O)O)CC2CC2)[nH]1. The molecule has 1 aromatic rings. The Morgan fingerprint density at radius 2 is 2.28 bits per heavy atom. The lowest BCUT2D eigenvalue weighted by Crippen LogP contribution is -2.37. The number of aryl methyl sites for hydroxylation is 1. The number of nitrogens with zero attached hydrogens (tertiary/aromatic N) is 2. The molecule has 1 aliphatic carbocycles. The van der Waals surface area contributed by atoms with E-state index in [2.05, 4.69) is 9.97 Å². The maximum Gasteiger partial charge on any atom is 0.318 e. The lowest BCUT2D eigenvalue weighted by Gasteiger charge is -2.18. The van der Waals surface area contributed by atoms with Gasteiger partial charge in [0.25, 0.3) is 10.0 Å². The topological polar surface area (TPSA) is 103 Å². The highest BCUT2D eigenvalue weighted by molar-refractivity contribution is 7.89. The van der Waals surface area contributed by atoms with Crippen molar-refractivity contribution in [3.8, 4) is 0 Å². The summed E-state index contributed by atoms with van der Waals surface area (Å²) in [7, 11) is -3.80. The Hall–Kier alpha value is -1.41. The lowest BCUT2D eigenvalue weighted by molar-refractivity contribution is -0.137. The molecule has 0 unspecified atom stereocenters. The number of aromatic nitrogens is 2. The van der Waals surface area contributed by atoms with Crippen molar-refractivity contribution >= 4 is 16.0 Å². The maximum absolute atomic E-state index is 12.2. The Morgan fingerprint density at radius 1 is 1.61 bits per heavy atom. The number of sulfonamides is 1. The van der Waals surface area contributed by atoms with E-state index in [0.717, 1.165) is 17.1 Å². The zero-order valence-electron chi connectivity index (χ0n) is 9.96. The van der Waals surface area contributed by atoms with Crippen molar-refractivity contribution in [1.82, 2.24) is 14.3 Å². The minimum absolute atomic E-state index is 0.0538. The molecule has 0 amide bonds. The van der Waals surface area contributed by atoms with Crippen LogP contribution < -0.4 is 0 Å². The summed E-state index contributed by atoms with van der Waals surface area (Å²) in [6.07, 6.45) is 3.12. The zero-order valence-corrected chi connectivity index (χ0v) is 10.8.